The smallest absolute Gasteiger partial charge is 0.330 e. The number of hydrogen-bond acceptors (Lipinski definition) is 5. The van der Waals surface area contributed by atoms with Gasteiger partial charge in [-0.2, -0.15) is 0 Å². The van der Waals surface area contributed by atoms with Crippen LogP contribution in [0, 0.1) is 28.8 Å². The zero-order valence-corrected chi connectivity index (χ0v) is 18.2. The lowest BCUT2D eigenvalue weighted by Gasteiger charge is -2.28. The molecule has 10 heteroatoms. The Morgan fingerprint density at radius 3 is 2.74 bits per heavy atom. The minimum absolute atomic E-state index is 0.0791. The summed E-state index contributed by atoms with van der Waals surface area (Å²) >= 11 is 0. The number of aromatic nitrogens is 1. The molecule has 31 heavy (non-hydrogen) atoms. The predicted molar refractivity (Wildman–Crippen MR) is 110 cm³/mol. The number of anilines is 1. The zero-order valence-electron chi connectivity index (χ0n) is 18.2. The first kappa shape index (κ1) is 24.5. The molecule has 1 aliphatic rings. The maximum Gasteiger partial charge on any atom is 0.330 e. The second kappa shape index (κ2) is 11.0. The van der Waals surface area contributed by atoms with Gasteiger partial charge in [0.2, 0.25) is 12.3 Å². The van der Waals surface area contributed by atoms with Crippen LogP contribution < -0.4 is 10.0 Å². The van der Waals surface area contributed by atoms with Crippen LogP contribution in [0.3, 0.4) is 0 Å². The maximum atomic E-state index is 13.3. The van der Waals surface area contributed by atoms with Crippen LogP contribution in [0.4, 0.5) is 10.2 Å². The third-order valence-electron chi connectivity index (χ3n) is 5.78. The van der Waals surface area contributed by atoms with Gasteiger partial charge in [0.15, 0.2) is 5.82 Å². The number of hydrogen-bond donors (Lipinski definition) is 2. The summed E-state index contributed by atoms with van der Waals surface area (Å²) in [7, 11) is 0. The third-order valence-corrected chi connectivity index (χ3v) is 5.78. The molecule has 0 bridgehead atoms. The zero-order chi connectivity index (χ0) is 23.1. The number of pyridine rings is 1. The monoisotopic (exact) mass is 438 g/mol. The first-order chi connectivity index (χ1) is 14.7. The van der Waals surface area contributed by atoms with E-state index in [9.17, 15) is 29.2 Å². The van der Waals surface area contributed by atoms with Crippen LogP contribution in [0.1, 0.15) is 46.5 Å². The van der Waals surface area contributed by atoms with Gasteiger partial charge in [-0.15, -0.1) is 0 Å². The highest BCUT2D eigenvalue weighted by Crippen LogP contribution is 2.31. The van der Waals surface area contributed by atoms with Crippen molar-refractivity contribution >= 4 is 24.0 Å². The highest BCUT2D eigenvalue weighted by atomic mass is 19.1. The Morgan fingerprint density at radius 2 is 2.16 bits per heavy atom. The predicted octanol–water partition coefficient (Wildman–Crippen LogP) is 1.92. The van der Waals surface area contributed by atoms with E-state index in [4.69, 9.17) is 0 Å². The van der Waals surface area contributed by atoms with E-state index < -0.39 is 23.7 Å². The Bertz CT molecular complexity index is 791. The summed E-state index contributed by atoms with van der Waals surface area (Å²) in [5, 5.41) is 24.4. The molecule has 0 aliphatic carbocycles. The molecule has 2 heterocycles. The molecule has 0 saturated carbocycles. The van der Waals surface area contributed by atoms with E-state index in [0.717, 1.165) is 18.9 Å². The summed E-state index contributed by atoms with van der Waals surface area (Å²) in [6, 6.07) is 1.42. The van der Waals surface area contributed by atoms with E-state index in [-0.39, 0.29) is 41.2 Å². The van der Waals surface area contributed by atoms with Crippen LogP contribution in [-0.2, 0) is 14.4 Å². The van der Waals surface area contributed by atoms with E-state index in [1.807, 2.05) is 20.8 Å². The molecule has 1 aliphatic heterocycles. The number of amides is 3. The minimum Gasteiger partial charge on any atom is -0.711 e. The first-order valence-corrected chi connectivity index (χ1v) is 10.6. The lowest BCUT2D eigenvalue weighted by molar-refractivity contribution is -0.591. The Morgan fingerprint density at radius 1 is 1.45 bits per heavy atom. The van der Waals surface area contributed by atoms with E-state index >= 15 is 0 Å². The van der Waals surface area contributed by atoms with Crippen LogP contribution in [0.15, 0.2) is 18.3 Å². The summed E-state index contributed by atoms with van der Waals surface area (Å²) in [5.74, 6) is -2.04. The fourth-order valence-electron chi connectivity index (χ4n) is 3.85. The Kier molecular flexibility index (Phi) is 8.73. The van der Waals surface area contributed by atoms with E-state index in [2.05, 4.69) is 5.32 Å². The SMILES string of the molecule is CCCC[C@H](CN(O)C=O)C(=O)N1C[C@H](C(C)C)C[C@H]1C(=O)Nc1ccc(F)c[n+]1[O-]. The van der Waals surface area contributed by atoms with Crippen molar-refractivity contribution in [2.45, 2.75) is 52.5 Å². The Balaban J connectivity index is 2.24. The summed E-state index contributed by atoms with van der Waals surface area (Å²) in [4.78, 5) is 38.7. The molecular weight excluding hydrogens is 407 g/mol. The average Bonchev–Trinajstić information content (AvgIpc) is 3.18. The number of carbonyl (C=O) groups excluding carboxylic acids is 3. The molecule has 2 N–H and O–H groups in total. The van der Waals surface area contributed by atoms with Crippen molar-refractivity contribution in [2.24, 2.45) is 17.8 Å². The molecular formula is C21H31FN4O5. The summed E-state index contributed by atoms with van der Waals surface area (Å²) in [6.45, 7) is 6.20. The number of likely N-dealkylation sites (tertiary alicyclic amines) is 1. The van der Waals surface area contributed by atoms with Gasteiger partial charge in [0.1, 0.15) is 12.2 Å². The van der Waals surface area contributed by atoms with E-state index in [1.165, 1.54) is 11.0 Å². The molecule has 3 amide bonds. The van der Waals surface area contributed by atoms with Gasteiger partial charge in [-0.1, -0.05) is 33.6 Å². The number of nitrogens with one attached hydrogen (secondary N) is 1. The lowest BCUT2D eigenvalue weighted by Crippen LogP contribution is -2.48. The van der Waals surface area contributed by atoms with Crippen molar-refractivity contribution < 1.29 is 28.7 Å². The van der Waals surface area contributed by atoms with Gasteiger partial charge in [0, 0.05) is 12.6 Å². The molecule has 1 fully saturated rings. The van der Waals surface area contributed by atoms with Crippen LogP contribution in [0.2, 0.25) is 0 Å². The van der Waals surface area contributed by atoms with Crippen LogP contribution in [0.25, 0.3) is 0 Å². The van der Waals surface area contributed by atoms with Crippen LogP contribution >= 0.6 is 0 Å². The number of rotatable bonds is 10. The van der Waals surface area contributed by atoms with Crippen molar-refractivity contribution in [1.29, 1.82) is 0 Å². The third kappa shape index (κ3) is 6.36. The molecule has 3 atom stereocenters. The fourth-order valence-corrected chi connectivity index (χ4v) is 3.85. The quantitative estimate of drug-likeness (QED) is 0.190. The highest BCUT2D eigenvalue weighted by molar-refractivity contribution is 5.97. The molecule has 1 aromatic rings. The average molecular weight is 439 g/mol. The second-order valence-electron chi connectivity index (χ2n) is 8.36. The number of halogens is 1. The summed E-state index contributed by atoms with van der Waals surface area (Å²) in [6.07, 6.45) is 3.41. The van der Waals surface area contributed by atoms with Gasteiger partial charge in [-0.3, -0.25) is 14.8 Å². The van der Waals surface area contributed by atoms with Crippen molar-refractivity contribution in [3.8, 4) is 0 Å². The van der Waals surface area contributed by atoms with Crippen LogP contribution in [-0.4, -0.2) is 52.5 Å². The van der Waals surface area contributed by atoms with Gasteiger partial charge >= 0.3 is 5.91 Å². The van der Waals surface area contributed by atoms with Crippen molar-refractivity contribution in [3.63, 3.8) is 0 Å². The van der Waals surface area contributed by atoms with Gasteiger partial charge in [0.05, 0.1) is 12.5 Å². The molecule has 0 aromatic carbocycles. The van der Waals surface area contributed by atoms with Gasteiger partial charge < -0.3 is 10.1 Å². The molecule has 9 nitrogen and oxygen atoms in total. The van der Waals surface area contributed by atoms with Crippen molar-refractivity contribution in [3.05, 3.63) is 29.4 Å². The Hall–Kier alpha value is -2.75. The van der Waals surface area contributed by atoms with Crippen molar-refractivity contribution in [1.82, 2.24) is 9.96 Å². The van der Waals surface area contributed by atoms with Crippen LogP contribution in [0.5, 0.6) is 0 Å². The molecule has 2 rings (SSSR count). The molecule has 172 valence electrons. The minimum atomic E-state index is -0.808. The number of hydroxylamine groups is 2. The summed E-state index contributed by atoms with van der Waals surface area (Å²) in [5.41, 5.74) is 0. The number of carbonyl (C=O) groups is 3. The summed E-state index contributed by atoms with van der Waals surface area (Å²) < 4.78 is 13.4. The van der Waals surface area contributed by atoms with Gasteiger partial charge in [-0.05, 0) is 30.7 Å². The molecule has 0 spiro atoms. The molecule has 0 unspecified atom stereocenters. The molecule has 1 saturated heterocycles. The topological polar surface area (TPSA) is 117 Å². The standard InChI is InChI=1S/C21H31FN4O5/c1-4-5-6-15(10-24(30)13-27)21(29)25-11-16(14(2)3)9-18(25)20(28)23-19-8-7-17(22)12-26(19)31/h7-8,12-16,18,30H,4-6,9-11H2,1-3H3,(H,23,28)/t15-,16-,18+/m1/s1. The molecule has 0 radical (unpaired) electrons. The number of nitrogens with zero attached hydrogens (tertiary/aromatic N) is 3. The molecule has 1 aromatic heterocycles. The van der Waals surface area contributed by atoms with Crippen molar-refractivity contribution in [2.75, 3.05) is 18.4 Å². The highest BCUT2D eigenvalue weighted by Gasteiger charge is 2.44. The van der Waals surface area contributed by atoms with E-state index in [0.29, 0.717) is 30.6 Å². The van der Waals surface area contributed by atoms with Gasteiger partial charge in [-0.25, -0.2) is 24.3 Å². The van der Waals surface area contributed by atoms with Gasteiger partial charge in [0.25, 0.3) is 5.82 Å². The maximum absolute atomic E-state index is 13.3. The van der Waals surface area contributed by atoms with E-state index in [1.54, 1.807) is 0 Å². The fraction of sp³-hybridized carbons (Fsp3) is 0.619. The largest absolute Gasteiger partial charge is 0.711 e. The number of unbranched alkanes of at least 4 members (excludes halogenated alkanes) is 1. The second-order valence-corrected chi connectivity index (χ2v) is 8.36. The first-order valence-electron chi connectivity index (χ1n) is 10.6. The lowest BCUT2D eigenvalue weighted by atomic mass is 9.93. The Labute approximate surface area is 181 Å². The normalized spacial score (nSPS) is 19.4.